The average molecular weight is 448 g/mol. The molecule has 30 heavy (non-hydrogen) atoms. The van der Waals surface area contributed by atoms with Crippen LogP contribution in [0.4, 0.5) is 5.69 Å². The Kier molecular flexibility index (Phi) is 6.72. The van der Waals surface area contributed by atoms with Gasteiger partial charge in [-0.25, -0.2) is 13.4 Å². The van der Waals surface area contributed by atoms with Gasteiger partial charge in [0.2, 0.25) is 10.0 Å². The molecule has 1 aliphatic carbocycles. The summed E-state index contributed by atoms with van der Waals surface area (Å²) >= 11 is 1.66. The second-order valence-electron chi connectivity index (χ2n) is 7.38. The van der Waals surface area contributed by atoms with Crippen LogP contribution >= 0.6 is 11.8 Å². The fraction of sp³-hybridized carbons (Fsp3) is 0.429. The highest BCUT2D eigenvalue weighted by Crippen LogP contribution is 2.35. The molecule has 1 aliphatic heterocycles. The number of sulfonamides is 1. The van der Waals surface area contributed by atoms with Crippen molar-refractivity contribution < 1.29 is 17.9 Å². The van der Waals surface area contributed by atoms with E-state index in [2.05, 4.69) is 10.3 Å². The summed E-state index contributed by atoms with van der Waals surface area (Å²) in [5, 5.41) is 4.05. The van der Waals surface area contributed by atoms with Gasteiger partial charge in [-0.3, -0.25) is 4.79 Å². The number of benzene rings is 1. The summed E-state index contributed by atoms with van der Waals surface area (Å²) in [6.07, 6.45) is 6.42. The van der Waals surface area contributed by atoms with E-state index < -0.39 is 10.0 Å². The predicted molar refractivity (Wildman–Crippen MR) is 116 cm³/mol. The van der Waals surface area contributed by atoms with Gasteiger partial charge in [0.05, 0.1) is 23.7 Å². The lowest BCUT2D eigenvalue weighted by atomic mass is 10.2. The molecule has 1 N–H and O–H groups in total. The second kappa shape index (κ2) is 9.47. The summed E-state index contributed by atoms with van der Waals surface area (Å²) in [6.45, 7) is 1.43. The molecule has 9 heteroatoms. The number of thioether (sulfide) groups is 1. The smallest absolute Gasteiger partial charge is 0.258 e. The van der Waals surface area contributed by atoms with Crippen LogP contribution in [0.3, 0.4) is 0 Å². The van der Waals surface area contributed by atoms with Gasteiger partial charge in [0.15, 0.2) is 0 Å². The first-order valence-electron chi connectivity index (χ1n) is 10.1. The molecule has 0 radical (unpaired) electrons. The molecule has 2 aliphatic rings. The first kappa shape index (κ1) is 21.3. The number of hydrogen-bond acceptors (Lipinski definition) is 6. The number of rotatable bonds is 6. The maximum atomic E-state index is 12.9. The highest BCUT2D eigenvalue weighted by molar-refractivity contribution is 8.00. The van der Waals surface area contributed by atoms with Crippen LogP contribution in [0.5, 0.6) is 0 Å². The lowest BCUT2D eigenvalue weighted by Crippen LogP contribution is -2.40. The number of anilines is 1. The molecule has 1 saturated heterocycles. The number of pyridine rings is 1. The van der Waals surface area contributed by atoms with Crippen molar-refractivity contribution in [3.63, 3.8) is 0 Å². The van der Waals surface area contributed by atoms with E-state index >= 15 is 0 Å². The van der Waals surface area contributed by atoms with Gasteiger partial charge < -0.3 is 10.1 Å². The minimum absolute atomic E-state index is 0.161. The molecule has 2 aromatic rings. The van der Waals surface area contributed by atoms with E-state index in [-0.39, 0.29) is 10.8 Å². The van der Waals surface area contributed by atoms with Gasteiger partial charge in [0, 0.05) is 30.2 Å². The summed E-state index contributed by atoms with van der Waals surface area (Å²) in [5.74, 6) is -0.287. The van der Waals surface area contributed by atoms with Gasteiger partial charge in [-0.2, -0.15) is 4.31 Å². The van der Waals surface area contributed by atoms with Crippen LogP contribution in [0.15, 0.2) is 52.5 Å². The van der Waals surface area contributed by atoms with E-state index in [1.807, 2.05) is 0 Å². The van der Waals surface area contributed by atoms with E-state index in [4.69, 9.17) is 4.74 Å². The number of morpholine rings is 1. The summed E-state index contributed by atoms with van der Waals surface area (Å²) in [7, 11) is -3.62. The van der Waals surface area contributed by atoms with Crippen molar-refractivity contribution in [3.05, 3.63) is 48.2 Å². The molecular formula is C21H25N3O4S2. The van der Waals surface area contributed by atoms with Gasteiger partial charge >= 0.3 is 0 Å². The minimum Gasteiger partial charge on any atom is -0.379 e. The molecule has 4 rings (SSSR count). The molecule has 0 spiro atoms. The van der Waals surface area contributed by atoms with Gasteiger partial charge in [-0.15, -0.1) is 11.8 Å². The number of aromatic nitrogens is 1. The topological polar surface area (TPSA) is 88.6 Å². The largest absolute Gasteiger partial charge is 0.379 e. The van der Waals surface area contributed by atoms with Gasteiger partial charge in [0.25, 0.3) is 5.91 Å². The molecule has 0 unspecified atom stereocenters. The summed E-state index contributed by atoms with van der Waals surface area (Å²) in [5.41, 5.74) is 0.950. The van der Waals surface area contributed by atoms with E-state index in [9.17, 15) is 13.2 Å². The maximum Gasteiger partial charge on any atom is 0.258 e. The van der Waals surface area contributed by atoms with E-state index in [1.165, 1.54) is 23.2 Å². The number of hydrogen-bond donors (Lipinski definition) is 1. The van der Waals surface area contributed by atoms with E-state index in [0.29, 0.717) is 42.8 Å². The number of ether oxygens (including phenoxy) is 1. The standard InChI is InChI=1S/C21H25N3O4S2/c25-20(19-9-4-10-22-21(19)29-17-6-1-2-7-17)23-16-5-3-8-18(15-16)30(26,27)24-11-13-28-14-12-24/h3-5,8-10,15,17H,1-2,6-7,11-14H2,(H,23,25). The molecule has 160 valence electrons. The summed E-state index contributed by atoms with van der Waals surface area (Å²) < 4.78 is 32.4. The molecule has 2 heterocycles. The van der Waals surface area contributed by atoms with Crippen molar-refractivity contribution in [1.82, 2.24) is 9.29 Å². The third-order valence-corrected chi connectivity index (χ3v) is 8.54. The Hall–Kier alpha value is -1.94. The minimum atomic E-state index is -3.62. The Labute approximate surface area is 181 Å². The molecule has 1 aromatic heterocycles. The van der Waals surface area contributed by atoms with Crippen LogP contribution in [0.2, 0.25) is 0 Å². The van der Waals surface area contributed by atoms with Crippen LogP contribution in [0, 0.1) is 0 Å². The Morgan fingerprint density at radius 1 is 1.13 bits per heavy atom. The zero-order valence-electron chi connectivity index (χ0n) is 16.6. The molecule has 1 aromatic carbocycles. The number of amides is 1. The van der Waals surface area contributed by atoms with Gasteiger partial charge in [-0.05, 0) is 43.2 Å². The zero-order chi connectivity index (χ0) is 21.0. The monoisotopic (exact) mass is 447 g/mol. The fourth-order valence-corrected chi connectivity index (χ4v) is 6.44. The highest BCUT2D eigenvalue weighted by atomic mass is 32.2. The van der Waals surface area contributed by atoms with Crippen molar-refractivity contribution in [2.24, 2.45) is 0 Å². The lowest BCUT2D eigenvalue weighted by molar-refractivity contribution is 0.0730. The molecule has 7 nitrogen and oxygen atoms in total. The summed E-state index contributed by atoms with van der Waals surface area (Å²) in [6, 6.07) is 9.88. The third-order valence-electron chi connectivity index (χ3n) is 5.30. The number of nitrogens with one attached hydrogen (secondary N) is 1. The quantitative estimate of drug-likeness (QED) is 0.730. The van der Waals surface area contributed by atoms with Gasteiger partial charge in [0.1, 0.15) is 5.03 Å². The maximum absolute atomic E-state index is 12.9. The summed E-state index contributed by atoms with van der Waals surface area (Å²) in [4.78, 5) is 17.5. The Morgan fingerprint density at radius 2 is 1.90 bits per heavy atom. The number of carbonyl (C=O) groups is 1. The molecule has 1 amide bonds. The van der Waals surface area contributed by atoms with Crippen molar-refractivity contribution in [1.29, 1.82) is 0 Å². The zero-order valence-corrected chi connectivity index (χ0v) is 18.3. The molecule has 2 fully saturated rings. The average Bonchev–Trinajstić information content (AvgIpc) is 3.28. The lowest BCUT2D eigenvalue weighted by Gasteiger charge is -2.26. The molecular weight excluding hydrogens is 422 g/mol. The van der Waals surface area contributed by atoms with Crippen LogP contribution in [0.25, 0.3) is 0 Å². The van der Waals surface area contributed by atoms with Crippen molar-refractivity contribution in [3.8, 4) is 0 Å². The van der Waals surface area contributed by atoms with E-state index in [1.54, 1.807) is 48.3 Å². The van der Waals surface area contributed by atoms with Crippen LogP contribution < -0.4 is 5.32 Å². The first-order chi connectivity index (χ1) is 14.5. The van der Waals surface area contributed by atoms with Crippen molar-refractivity contribution in [2.75, 3.05) is 31.6 Å². The normalized spacial score (nSPS) is 18.4. The third kappa shape index (κ3) is 4.85. The Morgan fingerprint density at radius 3 is 2.67 bits per heavy atom. The van der Waals surface area contributed by atoms with Crippen LogP contribution in [-0.2, 0) is 14.8 Å². The Balaban J connectivity index is 1.51. The van der Waals surface area contributed by atoms with Crippen LogP contribution in [0.1, 0.15) is 36.0 Å². The molecule has 1 saturated carbocycles. The highest BCUT2D eigenvalue weighted by Gasteiger charge is 2.27. The van der Waals surface area contributed by atoms with Crippen molar-refractivity contribution in [2.45, 2.75) is 40.9 Å². The number of nitrogens with zero attached hydrogens (tertiary/aromatic N) is 2. The Bertz CT molecular complexity index is 1000. The van der Waals surface area contributed by atoms with Crippen LogP contribution in [-0.4, -0.2) is 55.2 Å². The SMILES string of the molecule is O=C(Nc1cccc(S(=O)(=O)N2CCOCC2)c1)c1cccnc1SC1CCCC1. The van der Waals surface area contributed by atoms with E-state index in [0.717, 1.165) is 17.9 Å². The predicted octanol–water partition coefficient (Wildman–Crippen LogP) is 3.39. The number of carbonyl (C=O) groups excluding carboxylic acids is 1. The second-order valence-corrected chi connectivity index (χ2v) is 10.6. The van der Waals surface area contributed by atoms with Gasteiger partial charge in [-0.1, -0.05) is 18.9 Å². The fourth-order valence-electron chi connectivity index (χ4n) is 3.69. The molecule has 0 bridgehead atoms. The first-order valence-corrected chi connectivity index (χ1v) is 12.5. The van der Waals surface area contributed by atoms with Crippen molar-refractivity contribution >= 4 is 33.4 Å². The molecule has 0 atom stereocenters.